The molecule has 0 amide bonds. The van der Waals surface area contributed by atoms with Gasteiger partial charge in [0.05, 0.1) is 17.8 Å². The van der Waals surface area contributed by atoms with Gasteiger partial charge < -0.3 is 9.88 Å². The predicted octanol–water partition coefficient (Wildman–Crippen LogP) is 0.711. The fraction of sp³-hybridized carbons (Fsp3) is 0.375. The molecule has 9 heteroatoms. The van der Waals surface area contributed by atoms with Crippen molar-refractivity contribution in [3.63, 3.8) is 0 Å². The molecule has 2 N–H and O–H groups in total. The molecule has 8 nitrogen and oxygen atoms in total. The van der Waals surface area contributed by atoms with Crippen molar-refractivity contribution in [1.82, 2.24) is 24.6 Å². The lowest BCUT2D eigenvalue weighted by atomic mass is 9.68. The van der Waals surface area contributed by atoms with Gasteiger partial charge in [0.15, 0.2) is 5.65 Å². The van der Waals surface area contributed by atoms with Crippen LogP contribution in [0.5, 0.6) is 0 Å². The Kier molecular flexibility index (Phi) is 2.75. The van der Waals surface area contributed by atoms with Gasteiger partial charge >= 0.3 is 5.69 Å². The largest absolute Gasteiger partial charge is 0.365 e. The molecule has 25 heavy (non-hydrogen) atoms. The van der Waals surface area contributed by atoms with Gasteiger partial charge in [-0.15, -0.1) is 0 Å². The summed E-state index contributed by atoms with van der Waals surface area (Å²) in [7, 11) is 0. The summed E-state index contributed by atoms with van der Waals surface area (Å²) in [6.07, 6.45) is 5.86. The molecule has 128 valence electrons. The number of fused-ring (bicyclic) bond motifs is 3. The number of nitrogens with one attached hydrogen (secondary N) is 2. The summed E-state index contributed by atoms with van der Waals surface area (Å²) >= 11 is 0. The molecule has 3 aromatic heterocycles. The molecule has 0 spiro atoms. The molecule has 2 bridgehead atoms. The van der Waals surface area contributed by atoms with Crippen LogP contribution in [0.2, 0.25) is 0 Å². The van der Waals surface area contributed by atoms with Crippen LogP contribution in [0.15, 0.2) is 34.2 Å². The average Bonchev–Trinajstić information content (AvgIpc) is 3.01. The number of imidazole rings is 1. The molecule has 0 atom stereocenters. The predicted molar refractivity (Wildman–Crippen MR) is 88.4 cm³/mol. The molecule has 0 aromatic carbocycles. The Morgan fingerprint density at radius 1 is 1.32 bits per heavy atom. The minimum atomic E-state index is -1.13. The van der Waals surface area contributed by atoms with Gasteiger partial charge in [-0.25, -0.2) is 18.7 Å². The Labute approximate surface area is 140 Å². The van der Waals surface area contributed by atoms with Gasteiger partial charge in [0.2, 0.25) is 0 Å². The first-order valence-electron chi connectivity index (χ1n) is 8.11. The highest BCUT2D eigenvalue weighted by Crippen LogP contribution is 2.47. The van der Waals surface area contributed by atoms with E-state index in [1.165, 1.54) is 6.20 Å². The first-order chi connectivity index (χ1) is 12.0. The number of alkyl halides is 1. The first kappa shape index (κ1) is 14.4. The molecule has 0 radical (unpaired) electrons. The van der Waals surface area contributed by atoms with Crippen molar-refractivity contribution in [3.8, 4) is 11.3 Å². The Balaban J connectivity index is 1.67. The topological polar surface area (TPSA) is 99.2 Å². The SMILES string of the molecule is O=c1[nH]cc(-c2cc(N3CC4CC(F)(C4)C3)c3nccn3n2)c(=O)[nH]1. The van der Waals surface area contributed by atoms with Crippen molar-refractivity contribution >= 4 is 11.3 Å². The maximum atomic E-state index is 14.6. The maximum absolute atomic E-state index is 14.6. The van der Waals surface area contributed by atoms with Crippen molar-refractivity contribution in [1.29, 1.82) is 0 Å². The number of aromatic nitrogens is 5. The molecule has 2 aliphatic heterocycles. The van der Waals surface area contributed by atoms with Gasteiger partial charge in [-0.3, -0.25) is 9.78 Å². The zero-order valence-electron chi connectivity index (χ0n) is 13.2. The van der Waals surface area contributed by atoms with Crippen LogP contribution in [-0.4, -0.2) is 43.3 Å². The van der Waals surface area contributed by atoms with Gasteiger partial charge in [0.25, 0.3) is 5.56 Å². The number of rotatable bonds is 2. The number of H-pyrrole nitrogens is 2. The van der Waals surface area contributed by atoms with Crippen molar-refractivity contribution in [2.75, 3.05) is 18.0 Å². The Bertz CT molecular complexity index is 1090. The summed E-state index contributed by atoms with van der Waals surface area (Å²) in [4.78, 5) is 34.3. The van der Waals surface area contributed by atoms with Gasteiger partial charge in [-0.1, -0.05) is 0 Å². The first-order valence-corrected chi connectivity index (χ1v) is 8.11. The van der Waals surface area contributed by atoms with Crippen LogP contribution < -0.4 is 16.1 Å². The summed E-state index contributed by atoms with van der Waals surface area (Å²) in [6.45, 7) is 1.08. The smallest absolute Gasteiger partial charge is 0.325 e. The van der Waals surface area contributed by atoms with E-state index < -0.39 is 16.9 Å². The van der Waals surface area contributed by atoms with Crippen molar-refractivity contribution in [2.24, 2.45) is 5.92 Å². The van der Waals surface area contributed by atoms with E-state index in [4.69, 9.17) is 0 Å². The highest BCUT2D eigenvalue weighted by Gasteiger charge is 2.51. The minimum absolute atomic E-state index is 0.244. The van der Waals surface area contributed by atoms with Crippen molar-refractivity contribution in [3.05, 3.63) is 45.5 Å². The lowest BCUT2D eigenvalue weighted by Crippen LogP contribution is -2.58. The number of anilines is 1. The molecule has 1 saturated carbocycles. The van der Waals surface area contributed by atoms with Crippen molar-refractivity contribution in [2.45, 2.75) is 18.5 Å². The van der Waals surface area contributed by atoms with E-state index in [1.807, 2.05) is 4.90 Å². The second-order valence-electron chi connectivity index (χ2n) is 6.90. The fourth-order valence-corrected chi connectivity index (χ4v) is 4.00. The Morgan fingerprint density at radius 2 is 2.16 bits per heavy atom. The van der Waals surface area contributed by atoms with E-state index in [0.29, 0.717) is 36.6 Å². The molecule has 2 saturated heterocycles. The van der Waals surface area contributed by atoms with Crippen LogP contribution in [-0.2, 0) is 0 Å². The highest BCUT2D eigenvalue weighted by atomic mass is 19.1. The van der Waals surface area contributed by atoms with E-state index in [1.54, 1.807) is 23.0 Å². The fourth-order valence-electron chi connectivity index (χ4n) is 4.00. The zero-order chi connectivity index (χ0) is 17.2. The molecule has 3 aliphatic rings. The number of nitrogens with zero attached hydrogens (tertiary/aromatic N) is 4. The number of piperidine rings is 2. The number of halogens is 1. The quantitative estimate of drug-likeness (QED) is 0.715. The van der Waals surface area contributed by atoms with Crippen molar-refractivity contribution < 1.29 is 4.39 Å². The van der Waals surface area contributed by atoms with Crippen LogP contribution in [0.3, 0.4) is 0 Å². The van der Waals surface area contributed by atoms with E-state index in [2.05, 4.69) is 20.1 Å². The lowest BCUT2D eigenvalue weighted by Gasteiger charge is -2.52. The number of aromatic amines is 2. The van der Waals surface area contributed by atoms with Crippen LogP contribution in [0.1, 0.15) is 12.8 Å². The molecule has 3 aromatic rings. The summed E-state index contributed by atoms with van der Waals surface area (Å²) in [6, 6.07) is 1.74. The van der Waals surface area contributed by atoms with Crippen LogP contribution in [0.25, 0.3) is 16.9 Å². The molecule has 0 unspecified atom stereocenters. The normalized spacial score (nSPS) is 25.2. The molecule has 6 rings (SSSR count). The van der Waals surface area contributed by atoms with E-state index in [-0.39, 0.29) is 5.56 Å². The second-order valence-corrected chi connectivity index (χ2v) is 6.90. The molecular formula is C16H15FN6O2. The zero-order valence-corrected chi connectivity index (χ0v) is 13.2. The van der Waals surface area contributed by atoms with Crippen LogP contribution in [0, 0.1) is 5.92 Å². The lowest BCUT2D eigenvalue weighted by molar-refractivity contribution is -0.00900. The number of hydrogen-bond acceptors (Lipinski definition) is 5. The minimum Gasteiger partial charge on any atom is -0.365 e. The summed E-state index contributed by atoms with van der Waals surface area (Å²) in [5.41, 5.74) is -0.232. The molecule has 3 fully saturated rings. The highest BCUT2D eigenvalue weighted by molar-refractivity contribution is 5.74. The van der Waals surface area contributed by atoms with E-state index >= 15 is 0 Å². The number of hydrogen-bond donors (Lipinski definition) is 2. The maximum Gasteiger partial charge on any atom is 0.325 e. The Morgan fingerprint density at radius 3 is 2.92 bits per heavy atom. The van der Waals surface area contributed by atoms with Gasteiger partial charge in [-0.05, 0) is 24.8 Å². The van der Waals surface area contributed by atoms with E-state index in [0.717, 1.165) is 12.2 Å². The third-order valence-electron chi connectivity index (χ3n) is 5.04. The van der Waals surface area contributed by atoms with Gasteiger partial charge in [0, 0.05) is 25.1 Å². The summed E-state index contributed by atoms with van der Waals surface area (Å²) in [5.74, 6) is 0.349. The van der Waals surface area contributed by atoms with Crippen LogP contribution >= 0.6 is 0 Å². The molecule has 1 aliphatic carbocycles. The van der Waals surface area contributed by atoms with Gasteiger partial charge in [0.1, 0.15) is 11.4 Å². The Hall–Kier alpha value is -2.97. The second kappa shape index (κ2) is 4.78. The average molecular weight is 342 g/mol. The summed E-state index contributed by atoms with van der Waals surface area (Å²) in [5, 5.41) is 4.39. The molecule has 5 heterocycles. The molecular weight excluding hydrogens is 327 g/mol. The van der Waals surface area contributed by atoms with E-state index in [9.17, 15) is 14.0 Å². The van der Waals surface area contributed by atoms with Crippen LogP contribution in [0.4, 0.5) is 10.1 Å². The summed E-state index contributed by atoms with van der Waals surface area (Å²) < 4.78 is 16.1. The van der Waals surface area contributed by atoms with Gasteiger partial charge in [-0.2, -0.15) is 5.10 Å². The third kappa shape index (κ3) is 2.19. The monoisotopic (exact) mass is 342 g/mol. The third-order valence-corrected chi connectivity index (χ3v) is 5.04. The standard InChI is InChI=1S/C16H15FN6O2/c17-16-4-9(5-16)7-22(8-16)12-3-11(21-23-2-1-18-13(12)23)10-6-19-15(25)20-14(10)24/h1-3,6,9H,4-5,7-8H2,(H2,19,20,24,25).